The van der Waals surface area contributed by atoms with Crippen LogP contribution in [0.4, 0.5) is 0 Å². The van der Waals surface area contributed by atoms with Gasteiger partial charge in [0.15, 0.2) is 0 Å². The summed E-state index contributed by atoms with van der Waals surface area (Å²) in [6.07, 6.45) is 2.04. The Balaban J connectivity index is 1.88. The van der Waals surface area contributed by atoms with E-state index >= 15 is 0 Å². The van der Waals surface area contributed by atoms with Gasteiger partial charge < -0.3 is 13.7 Å². The maximum Gasteiger partial charge on any atom is 0.486 e. The topological polar surface area (TPSA) is 27.7 Å². The molecule has 0 radical (unpaired) electrons. The molecule has 1 aliphatic rings. The van der Waals surface area contributed by atoms with Crippen molar-refractivity contribution >= 4 is 25.8 Å². The first-order valence-corrected chi connectivity index (χ1v) is 12.7. The summed E-state index contributed by atoms with van der Waals surface area (Å²) in [4.78, 5) is 0. The standard InChI is InChI=1S/C25H35BO3Si/c1-23(2,3)30(21-15-10-8-11-16-21,22-17-12-9-13-18-22)27-20-14-19-26-28-24(4,5)25(6,7)29-26/h8-19H,20H2,1-7H3/b19-14-. The number of rotatable bonds is 6. The molecule has 0 aromatic heterocycles. The molecule has 1 fully saturated rings. The van der Waals surface area contributed by atoms with Gasteiger partial charge in [-0.1, -0.05) is 93.5 Å². The maximum atomic E-state index is 6.87. The largest absolute Gasteiger partial charge is 0.486 e. The van der Waals surface area contributed by atoms with Gasteiger partial charge >= 0.3 is 7.12 Å². The quantitative estimate of drug-likeness (QED) is 0.629. The van der Waals surface area contributed by atoms with Gasteiger partial charge in [0.1, 0.15) is 0 Å². The van der Waals surface area contributed by atoms with Crippen molar-refractivity contribution in [3.63, 3.8) is 0 Å². The Morgan fingerprint density at radius 3 is 1.67 bits per heavy atom. The molecule has 2 aromatic rings. The van der Waals surface area contributed by atoms with E-state index in [1.807, 2.05) is 12.1 Å². The summed E-state index contributed by atoms with van der Waals surface area (Å²) >= 11 is 0. The molecule has 5 heteroatoms. The zero-order valence-corrected chi connectivity index (χ0v) is 20.4. The van der Waals surface area contributed by atoms with Crippen LogP contribution in [0.3, 0.4) is 0 Å². The molecule has 30 heavy (non-hydrogen) atoms. The minimum Gasteiger partial charge on any atom is -0.404 e. The van der Waals surface area contributed by atoms with Crippen molar-refractivity contribution in [3.8, 4) is 0 Å². The Labute approximate surface area is 183 Å². The number of benzene rings is 2. The molecule has 0 spiro atoms. The molecule has 2 aromatic carbocycles. The fourth-order valence-electron chi connectivity index (χ4n) is 4.07. The van der Waals surface area contributed by atoms with Gasteiger partial charge in [-0.05, 0) is 43.1 Å². The second-order valence-corrected chi connectivity index (χ2v) is 14.3. The molecule has 0 N–H and O–H groups in total. The normalized spacial score (nSPS) is 18.8. The Hall–Kier alpha value is -1.66. The van der Waals surface area contributed by atoms with Gasteiger partial charge in [0.25, 0.3) is 8.32 Å². The van der Waals surface area contributed by atoms with E-state index in [-0.39, 0.29) is 23.4 Å². The zero-order valence-electron chi connectivity index (χ0n) is 19.4. The van der Waals surface area contributed by atoms with Gasteiger partial charge in [0, 0.05) is 0 Å². The Bertz CT molecular complexity index is 801. The van der Waals surface area contributed by atoms with Gasteiger partial charge in [0.05, 0.1) is 17.8 Å². The van der Waals surface area contributed by atoms with Crippen molar-refractivity contribution in [2.75, 3.05) is 6.61 Å². The first-order chi connectivity index (χ1) is 14.0. The van der Waals surface area contributed by atoms with Gasteiger partial charge in [-0.3, -0.25) is 0 Å². The molecule has 1 saturated heterocycles. The van der Waals surface area contributed by atoms with Crippen molar-refractivity contribution in [1.29, 1.82) is 0 Å². The molecule has 1 aliphatic heterocycles. The van der Waals surface area contributed by atoms with Crippen molar-refractivity contribution in [2.24, 2.45) is 0 Å². The van der Waals surface area contributed by atoms with E-state index in [1.54, 1.807) is 0 Å². The third-order valence-corrected chi connectivity index (χ3v) is 11.4. The second kappa shape index (κ2) is 8.47. The summed E-state index contributed by atoms with van der Waals surface area (Å²) in [7, 11) is -2.86. The van der Waals surface area contributed by atoms with Crippen LogP contribution in [0.15, 0.2) is 72.7 Å². The molecule has 1 heterocycles. The average molecular weight is 422 g/mol. The first kappa shape index (κ1) is 23.0. The van der Waals surface area contributed by atoms with E-state index in [2.05, 4.69) is 109 Å². The van der Waals surface area contributed by atoms with Crippen molar-refractivity contribution in [1.82, 2.24) is 0 Å². The third-order valence-electron chi connectivity index (χ3n) is 6.38. The highest BCUT2D eigenvalue weighted by atomic mass is 28.4. The summed E-state index contributed by atoms with van der Waals surface area (Å²) in [6, 6.07) is 21.4. The van der Waals surface area contributed by atoms with Crippen molar-refractivity contribution < 1.29 is 13.7 Å². The molecule has 0 aliphatic carbocycles. The van der Waals surface area contributed by atoms with Gasteiger partial charge in [-0.25, -0.2) is 0 Å². The van der Waals surface area contributed by atoms with E-state index in [0.717, 1.165) is 0 Å². The van der Waals surface area contributed by atoms with Crippen LogP contribution in [0.25, 0.3) is 0 Å². The predicted octanol–water partition coefficient (Wildman–Crippen LogP) is 4.75. The lowest BCUT2D eigenvalue weighted by Crippen LogP contribution is -2.66. The fraction of sp³-hybridized carbons (Fsp3) is 0.440. The lowest BCUT2D eigenvalue weighted by Gasteiger charge is -2.42. The molecule has 0 saturated carbocycles. The van der Waals surface area contributed by atoms with Gasteiger partial charge in [-0.2, -0.15) is 0 Å². The number of hydrogen-bond acceptors (Lipinski definition) is 3. The van der Waals surface area contributed by atoms with E-state index < -0.39 is 8.32 Å². The van der Waals surface area contributed by atoms with E-state index in [0.29, 0.717) is 6.61 Å². The van der Waals surface area contributed by atoms with Crippen LogP contribution < -0.4 is 10.4 Å². The highest BCUT2D eigenvalue weighted by Gasteiger charge is 2.51. The summed E-state index contributed by atoms with van der Waals surface area (Å²) in [5.41, 5.74) is -0.665. The zero-order chi connectivity index (χ0) is 22.0. The maximum absolute atomic E-state index is 6.87. The Kier molecular flexibility index (Phi) is 6.49. The molecule has 0 amide bonds. The third kappa shape index (κ3) is 4.35. The second-order valence-electron chi connectivity index (χ2n) is 10.0. The summed E-state index contributed by atoms with van der Waals surface area (Å²) < 4.78 is 19.0. The highest BCUT2D eigenvalue weighted by Crippen LogP contribution is 2.38. The smallest absolute Gasteiger partial charge is 0.404 e. The molecule has 160 valence electrons. The minimum absolute atomic E-state index is 0.0338. The summed E-state index contributed by atoms with van der Waals surface area (Å²) in [5.74, 6) is 1.98. The van der Waals surface area contributed by atoms with Crippen LogP contribution >= 0.6 is 0 Å². The Morgan fingerprint density at radius 1 is 0.833 bits per heavy atom. The van der Waals surface area contributed by atoms with Crippen LogP contribution in [-0.2, 0) is 13.7 Å². The highest BCUT2D eigenvalue weighted by molar-refractivity contribution is 6.99. The minimum atomic E-state index is -2.52. The molecular weight excluding hydrogens is 387 g/mol. The predicted molar refractivity (Wildman–Crippen MR) is 129 cm³/mol. The van der Waals surface area contributed by atoms with Crippen LogP contribution in [0, 0.1) is 0 Å². The van der Waals surface area contributed by atoms with Crippen LogP contribution in [-0.4, -0.2) is 33.2 Å². The van der Waals surface area contributed by atoms with Crippen LogP contribution in [0.2, 0.25) is 5.04 Å². The van der Waals surface area contributed by atoms with E-state index in [9.17, 15) is 0 Å². The average Bonchev–Trinajstić information content (AvgIpc) is 2.89. The van der Waals surface area contributed by atoms with E-state index in [4.69, 9.17) is 13.7 Å². The fourth-order valence-corrected chi connectivity index (χ4v) is 8.57. The van der Waals surface area contributed by atoms with Gasteiger partial charge in [-0.15, -0.1) is 0 Å². The molecule has 0 bridgehead atoms. The van der Waals surface area contributed by atoms with Gasteiger partial charge in [0.2, 0.25) is 0 Å². The molecule has 3 rings (SSSR count). The number of hydrogen-bond donors (Lipinski definition) is 0. The molecule has 0 atom stereocenters. The monoisotopic (exact) mass is 422 g/mol. The first-order valence-electron chi connectivity index (χ1n) is 10.8. The van der Waals surface area contributed by atoms with Crippen LogP contribution in [0.5, 0.6) is 0 Å². The van der Waals surface area contributed by atoms with Crippen molar-refractivity contribution in [3.05, 3.63) is 72.7 Å². The summed E-state index contributed by atoms with van der Waals surface area (Å²) in [6.45, 7) is 15.7. The lowest BCUT2D eigenvalue weighted by molar-refractivity contribution is 0.00578. The Morgan fingerprint density at radius 2 is 1.27 bits per heavy atom. The molecule has 3 nitrogen and oxygen atoms in total. The van der Waals surface area contributed by atoms with Crippen LogP contribution in [0.1, 0.15) is 48.5 Å². The van der Waals surface area contributed by atoms with E-state index in [1.165, 1.54) is 10.4 Å². The van der Waals surface area contributed by atoms with Crippen molar-refractivity contribution in [2.45, 2.75) is 64.7 Å². The lowest BCUT2D eigenvalue weighted by atomic mass is 9.90. The summed E-state index contributed by atoms with van der Waals surface area (Å²) in [5, 5.41) is 2.54. The SMILES string of the molecule is CC1(C)OB(/C=C\CO[Si](c2ccccc2)(c2ccccc2)C(C)(C)C)OC1(C)C. The molecular formula is C25H35BO3Si. The molecule has 0 unspecified atom stereocenters.